The van der Waals surface area contributed by atoms with Gasteiger partial charge in [-0.05, 0) is 35.9 Å². The zero-order chi connectivity index (χ0) is 17.1. The smallest absolute Gasteiger partial charge is 0.251 e. The molecule has 0 radical (unpaired) electrons. The Morgan fingerprint density at radius 1 is 1.08 bits per heavy atom. The van der Waals surface area contributed by atoms with Crippen LogP contribution in [0.3, 0.4) is 0 Å². The van der Waals surface area contributed by atoms with Crippen LogP contribution >= 0.6 is 0 Å². The van der Waals surface area contributed by atoms with Gasteiger partial charge in [-0.3, -0.25) is 9.48 Å². The molecule has 2 aromatic heterocycles. The molecular weight excluding hydrogens is 314 g/mol. The predicted octanol–water partition coefficient (Wildman–Crippen LogP) is 2.74. The number of hydrogen-bond donors (Lipinski definition) is 2. The van der Waals surface area contributed by atoms with Gasteiger partial charge in [0, 0.05) is 18.0 Å². The molecule has 25 heavy (non-hydrogen) atoms. The maximum atomic E-state index is 12.3. The molecule has 2 heterocycles. The molecule has 6 nitrogen and oxygen atoms in total. The third-order valence-corrected chi connectivity index (χ3v) is 3.97. The number of aromatic nitrogens is 4. The van der Waals surface area contributed by atoms with Crippen LogP contribution in [0.1, 0.15) is 21.7 Å². The number of carbonyl (C=O) groups is 1. The molecule has 2 N–H and O–H groups in total. The summed E-state index contributed by atoms with van der Waals surface area (Å²) in [4.78, 5) is 19.9. The van der Waals surface area contributed by atoms with E-state index in [4.69, 9.17) is 0 Å². The molecule has 2 aromatic carbocycles. The number of nitrogens with zero attached hydrogens (tertiary/aromatic N) is 3. The standard InChI is InChI=1S/C19H17N5O/c25-19(20-12-18-22-16-4-1-2-5-17(16)23-18)15-8-6-14(7-9-15)13-24-11-3-10-21-24/h1-11H,12-13H2,(H,20,25)(H,22,23). The first-order chi connectivity index (χ1) is 12.3. The summed E-state index contributed by atoms with van der Waals surface area (Å²) in [6.07, 6.45) is 3.66. The number of imidazole rings is 1. The van der Waals surface area contributed by atoms with Gasteiger partial charge in [0.05, 0.1) is 24.1 Å². The number of benzene rings is 2. The summed E-state index contributed by atoms with van der Waals surface area (Å²) in [6, 6.07) is 17.2. The van der Waals surface area contributed by atoms with E-state index in [2.05, 4.69) is 20.4 Å². The highest BCUT2D eigenvalue weighted by Crippen LogP contribution is 2.10. The molecule has 0 saturated heterocycles. The molecule has 0 unspecified atom stereocenters. The van der Waals surface area contributed by atoms with Crippen molar-refractivity contribution in [1.29, 1.82) is 0 Å². The molecule has 124 valence electrons. The van der Waals surface area contributed by atoms with Crippen LogP contribution in [0.4, 0.5) is 0 Å². The minimum atomic E-state index is -0.119. The number of fused-ring (bicyclic) bond motifs is 1. The van der Waals surface area contributed by atoms with E-state index in [1.165, 1.54) is 0 Å². The Kier molecular flexibility index (Phi) is 4.00. The molecule has 0 aliphatic rings. The number of amides is 1. The van der Waals surface area contributed by atoms with Gasteiger partial charge in [0.15, 0.2) is 0 Å². The van der Waals surface area contributed by atoms with Crippen LogP contribution in [0.2, 0.25) is 0 Å². The number of aromatic amines is 1. The number of rotatable bonds is 5. The first kappa shape index (κ1) is 15.1. The zero-order valence-corrected chi connectivity index (χ0v) is 13.5. The van der Waals surface area contributed by atoms with Crippen molar-refractivity contribution >= 4 is 16.9 Å². The van der Waals surface area contributed by atoms with Crippen molar-refractivity contribution in [2.24, 2.45) is 0 Å². The van der Waals surface area contributed by atoms with E-state index < -0.39 is 0 Å². The first-order valence-electron chi connectivity index (χ1n) is 8.06. The van der Waals surface area contributed by atoms with Crippen molar-refractivity contribution in [3.8, 4) is 0 Å². The monoisotopic (exact) mass is 331 g/mol. The third-order valence-electron chi connectivity index (χ3n) is 3.97. The van der Waals surface area contributed by atoms with Crippen LogP contribution in [0.15, 0.2) is 67.0 Å². The van der Waals surface area contributed by atoms with Gasteiger partial charge in [-0.2, -0.15) is 5.10 Å². The summed E-state index contributed by atoms with van der Waals surface area (Å²) < 4.78 is 1.84. The summed E-state index contributed by atoms with van der Waals surface area (Å²) in [7, 11) is 0. The van der Waals surface area contributed by atoms with Crippen LogP contribution in [0, 0.1) is 0 Å². The average Bonchev–Trinajstić information content (AvgIpc) is 3.29. The summed E-state index contributed by atoms with van der Waals surface area (Å²) in [5, 5.41) is 7.07. The Hall–Kier alpha value is -3.41. The molecule has 0 atom stereocenters. The normalized spacial score (nSPS) is 10.9. The molecule has 0 spiro atoms. The van der Waals surface area contributed by atoms with Gasteiger partial charge < -0.3 is 10.3 Å². The van der Waals surface area contributed by atoms with Gasteiger partial charge in [-0.15, -0.1) is 0 Å². The second-order valence-corrected chi connectivity index (χ2v) is 5.78. The van der Waals surface area contributed by atoms with Crippen LogP contribution in [0.5, 0.6) is 0 Å². The van der Waals surface area contributed by atoms with Crippen molar-refractivity contribution in [1.82, 2.24) is 25.1 Å². The van der Waals surface area contributed by atoms with Crippen LogP contribution < -0.4 is 5.32 Å². The van der Waals surface area contributed by atoms with Crippen LogP contribution in [-0.2, 0) is 13.1 Å². The van der Waals surface area contributed by atoms with E-state index >= 15 is 0 Å². The number of hydrogen-bond acceptors (Lipinski definition) is 3. The van der Waals surface area contributed by atoms with Crippen molar-refractivity contribution < 1.29 is 4.79 Å². The Morgan fingerprint density at radius 3 is 2.68 bits per heavy atom. The molecule has 0 fully saturated rings. The van der Waals surface area contributed by atoms with Crippen LogP contribution in [-0.4, -0.2) is 25.7 Å². The molecule has 0 bridgehead atoms. The molecule has 6 heteroatoms. The highest BCUT2D eigenvalue weighted by molar-refractivity contribution is 5.94. The molecule has 0 saturated carbocycles. The minimum Gasteiger partial charge on any atom is -0.345 e. The van der Waals surface area contributed by atoms with E-state index in [0.717, 1.165) is 22.4 Å². The SMILES string of the molecule is O=C(NCc1nc2ccccc2[nH]1)c1ccc(Cn2cccn2)cc1. The second kappa shape index (κ2) is 6.60. The van der Waals surface area contributed by atoms with Gasteiger partial charge in [-0.25, -0.2) is 4.98 Å². The Bertz CT molecular complexity index is 953. The van der Waals surface area contributed by atoms with E-state index in [1.54, 1.807) is 6.20 Å². The Morgan fingerprint density at radius 2 is 1.92 bits per heavy atom. The summed E-state index contributed by atoms with van der Waals surface area (Å²) >= 11 is 0. The molecule has 1 amide bonds. The number of para-hydroxylation sites is 2. The second-order valence-electron chi connectivity index (χ2n) is 5.78. The zero-order valence-electron chi connectivity index (χ0n) is 13.5. The lowest BCUT2D eigenvalue weighted by Gasteiger charge is -2.05. The maximum Gasteiger partial charge on any atom is 0.251 e. The molecular formula is C19H17N5O. The van der Waals surface area contributed by atoms with Gasteiger partial charge >= 0.3 is 0 Å². The van der Waals surface area contributed by atoms with Gasteiger partial charge in [-0.1, -0.05) is 24.3 Å². The van der Waals surface area contributed by atoms with Crippen molar-refractivity contribution in [2.45, 2.75) is 13.1 Å². The van der Waals surface area contributed by atoms with E-state index in [0.29, 0.717) is 18.7 Å². The molecule has 0 aliphatic carbocycles. The topological polar surface area (TPSA) is 75.6 Å². The minimum absolute atomic E-state index is 0.119. The number of nitrogens with one attached hydrogen (secondary N) is 2. The van der Waals surface area contributed by atoms with Crippen molar-refractivity contribution in [2.75, 3.05) is 0 Å². The summed E-state index contributed by atoms with van der Waals surface area (Å²) in [5.41, 5.74) is 3.59. The highest BCUT2D eigenvalue weighted by Gasteiger charge is 2.07. The van der Waals surface area contributed by atoms with Gasteiger partial charge in [0.25, 0.3) is 5.91 Å². The van der Waals surface area contributed by atoms with Gasteiger partial charge in [0.2, 0.25) is 0 Å². The fourth-order valence-corrected chi connectivity index (χ4v) is 2.70. The lowest BCUT2D eigenvalue weighted by Crippen LogP contribution is -2.23. The van der Waals surface area contributed by atoms with E-state index in [-0.39, 0.29) is 5.91 Å². The van der Waals surface area contributed by atoms with E-state index in [1.807, 2.05) is 65.5 Å². The Balaban J connectivity index is 1.38. The fraction of sp³-hybridized carbons (Fsp3) is 0.105. The quantitative estimate of drug-likeness (QED) is 0.590. The average molecular weight is 331 g/mol. The number of carbonyl (C=O) groups excluding carboxylic acids is 1. The largest absolute Gasteiger partial charge is 0.345 e. The summed E-state index contributed by atoms with van der Waals surface area (Å²) in [6.45, 7) is 1.05. The predicted molar refractivity (Wildman–Crippen MR) is 95.0 cm³/mol. The molecule has 4 aromatic rings. The van der Waals surface area contributed by atoms with Crippen molar-refractivity contribution in [3.05, 3.63) is 83.9 Å². The Labute approximate surface area is 144 Å². The lowest BCUT2D eigenvalue weighted by atomic mass is 10.1. The van der Waals surface area contributed by atoms with Crippen LogP contribution in [0.25, 0.3) is 11.0 Å². The lowest BCUT2D eigenvalue weighted by molar-refractivity contribution is 0.0950. The van der Waals surface area contributed by atoms with Gasteiger partial charge in [0.1, 0.15) is 5.82 Å². The molecule has 4 rings (SSSR count). The number of H-pyrrole nitrogens is 1. The third kappa shape index (κ3) is 3.42. The molecule has 0 aliphatic heterocycles. The summed E-state index contributed by atoms with van der Waals surface area (Å²) in [5.74, 6) is 0.621. The highest BCUT2D eigenvalue weighted by atomic mass is 16.1. The van der Waals surface area contributed by atoms with E-state index in [9.17, 15) is 4.79 Å². The fourth-order valence-electron chi connectivity index (χ4n) is 2.70. The maximum absolute atomic E-state index is 12.3. The first-order valence-corrected chi connectivity index (χ1v) is 8.06. The van der Waals surface area contributed by atoms with Crippen molar-refractivity contribution in [3.63, 3.8) is 0 Å².